The lowest BCUT2D eigenvalue weighted by molar-refractivity contribution is 0.0992. The van der Waals surface area contributed by atoms with Gasteiger partial charge in [-0.25, -0.2) is 4.99 Å². The summed E-state index contributed by atoms with van der Waals surface area (Å²) in [6, 6.07) is 1.76. The number of nitrogens with zero attached hydrogens (tertiary/aromatic N) is 3. The first kappa shape index (κ1) is 17.9. The minimum atomic E-state index is -0.290. The first-order chi connectivity index (χ1) is 11.6. The van der Waals surface area contributed by atoms with Crippen LogP contribution in [0.2, 0.25) is 0 Å². The highest BCUT2D eigenvalue weighted by atomic mass is 16.5. The topological polar surface area (TPSA) is 82.5 Å². The van der Waals surface area contributed by atoms with E-state index < -0.39 is 0 Å². The summed E-state index contributed by atoms with van der Waals surface area (Å²) < 4.78 is 7.11. The van der Waals surface area contributed by atoms with Crippen LogP contribution in [0.15, 0.2) is 47.2 Å². The fraction of sp³-hybridized carbons (Fsp3) is 0.389. The Morgan fingerprint density at radius 2 is 2.29 bits per heavy atom. The monoisotopic (exact) mass is 328 g/mol. The van der Waals surface area contributed by atoms with Gasteiger partial charge in [0.1, 0.15) is 11.5 Å². The number of ether oxygens (including phenoxy) is 1. The molecule has 24 heavy (non-hydrogen) atoms. The lowest BCUT2D eigenvalue weighted by Gasteiger charge is -2.20. The van der Waals surface area contributed by atoms with Crippen molar-refractivity contribution in [3.8, 4) is 0 Å². The molecule has 1 aliphatic carbocycles. The first-order valence-corrected chi connectivity index (χ1v) is 8.05. The van der Waals surface area contributed by atoms with Gasteiger partial charge >= 0.3 is 0 Å². The number of allylic oxidation sites excluding steroid dienone is 5. The second kappa shape index (κ2) is 8.40. The van der Waals surface area contributed by atoms with Crippen molar-refractivity contribution in [2.45, 2.75) is 26.8 Å². The Balaban J connectivity index is 2.30. The molecule has 128 valence electrons. The number of aliphatic imine (C=N–C) groups is 1. The highest BCUT2D eigenvalue weighted by Gasteiger charge is 2.23. The van der Waals surface area contributed by atoms with E-state index in [2.05, 4.69) is 10.1 Å². The van der Waals surface area contributed by atoms with Crippen LogP contribution in [0, 0.1) is 12.8 Å². The number of hydrogen-bond acceptors (Lipinski definition) is 4. The van der Waals surface area contributed by atoms with Gasteiger partial charge in [-0.1, -0.05) is 18.2 Å². The van der Waals surface area contributed by atoms with E-state index in [1.54, 1.807) is 17.9 Å². The molecule has 1 unspecified atom stereocenters. The molecule has 0 aliphatic heterocycles. The van der Waals surface area contributed by atoms with Gasteiger partial charge in [0.05, 0.1) is 24.4 Å². The number of aryl methyl sites for hydroxylation is 2. The summed E-state index contributed by atoms with van der Waals surface area (Å²) in [6.07, 6.45) is 10.1. The number of carbonyl (C=O) groups excluding carboxylic acids is 1. The zero-order valence-electron chi connectivity index (χ0n) is 14.4. The van der Waals surface area contributed by atoms with Crippen LogP contribution in [0.4, 0.5) is 0 Å². The number of amides is 1. The third kappa shape index (κ3) is 4.08. The first-order valence-electron chi connectivity index (χ1n) is 8.05. The maximum Gasteiger partial charge on any atom is 0.295 e. The molecule has 6 heteroatoms. The average Bonchev–Trinajstić information content (AvgIpc) is 2.97. The molecule has 0 fully saturated rings. The summed E-state index contributed by atoms with van der Waals surface area (Å²) >= 11 is 0. The van der Waals surface area contributed by atoms with E-state index in [1.165, 1.54) is 0 Å². The van der Waals surface area contributed by atoms with E-state index in [0.29, 0.717) is 30.9 Å². The fourth-order valence-corrected chi connectivity index (χ4v) is 2.64. The van der Waals surface area contributed by atoms with Crippen molar-refractivity contribution < 1.29 is 9.53 Å². The SMILES string of the molecule is CCn1nc(C)cc1C(=O)N=C1C=CC=C(OC)C1C/C=C/CN. The van der Waals surface area contributed by atoms with E-state index in [9.17, 15) is 4.79 Å². The van der Waals surface area contributed by atoms with Gasteiger partial charge in [0.15, 0.2) is 0 Å². The van der Waals surface area contributed by atoms with Crippen LogP contribution in [0.3, 0.4) is 0 Å². The zero-order chi connectivity index (χ0) is 17.5. The van der Waals surface area contributed by atoms with Gasteiger partial charge in [-0.3, -0.25) is 9.48 Å². The molecule has 2 rings (SSSR count). The Morgan fingerprint density at radius 1 is 1.50 bits per heavy atom. The van der Waals surface area contributed by atoms with E-state index in [0.717, 1.165) is 11.5 Å². The van der Waals surface area contributed by atoms with Crippen molar-refractivity contribution in [1.29, 1.82) is 0 Å². The summed E-state index contributed by atoms with van der Waals surface area (Å²) in [5, 5.41) is 4.30. The number of nitrogens with two attached hydrogens (primary N) is 1. The zero-order valence-corrected chi connectivity index (χ0v) is 14.4. The van der Waals surface area contributed by atoms with Crippen molar-refractivity contribution in [3.05, 3.63) is 53.6 Å². The van der Waals surface area contributed by atoms with E-state index in [4.69, 9.17) is 10.5 Å². The molecular formula is C18H24N4O2. The molecule has 1 amide bonds. The van der Waals surface area contributed by atoms with Gasteiger partial charge in [-0.2, -0.15) is 5.10 Å². The van der Waals surface area contributed by atoms with Crippen LogP contribution < -0.4 is 5.73 Å². The number of rotatable bonds is 6. The van der Waals surface area contributed by atoms with E-state index >= 15 is 0 Å². The maximum atomic E-state index is 12.6. The number of carbonyl (C=O) groups is 1. The standard InChI is InChI=1S/C18H24N4O2/c1-4-22-16(12-13(2)21-22)18(23)20-15-9-7-10-17(24-3)14(15)8-5-6-11-19/h5-7,9-10,12,14H,4,8,11,19H2,1-3H3/b6-5+,20-15?. The van der Waals surface area contributed by atoms with Crippen LogP contribution in [-0.4, -0.2) is 35.1 Å². The van der Waals surface area contributed by atoms with E-state index in [-0.39, 0.29) is 11.8 Å². The highest BCUT2D eigenvalue weighted by Crippen LogP contribution is 2.24. The molecule has 1 aromatic heterocycles. The van der Waals surface area contributed by atoms with Gasteiger partial charge in [-0.05, 0) is 38.5 Å². The van der Waals surface area contributed by atoms with Crippen molar-refractivity contribution >= 4 is 11.6 Å². The lowest BCUT2D eigenvalue weighted by atomic mass is 9.92. The molecule has 2 N–H and O–H groups in total. The molecule has 1 atom stereocenters. The van der Waals surface area contributed by atoms with Crippen molar-refractivity contribution in [3.63, 3.8) is 0 Å². The van der Waals surface area contributed by atoms with Crippen LogP contribution in [0.5, 0.6) is 0 Å². The molecule has 0 spiro atoms. The summed E-state index contributed by atoms with van der Waals surface area (Å²) in [4.78, 5) is 16.9. The smallest absolute Gasteiger partial charge is 0.295 e. The minimum absolute atomic E-state index is 0.0918. The van der Waals surface area contributed by atoms with Crippen LogP contribution in [0.1, 0.15) is 29.5 Å². The van der Waals surface area contributed by atoms with Gasteiger partial charge in [-0.15, -0.1) is 0 Å². The molecule has 0 radical (unpaired) electrons. The normalized spacial score (nSPS) is 19.1. The fourth-order valence-electron chi connectivity index (χ4n) is 2.64. The second-order valence-electron chi connectivity index (χ2n) is 5.46. The molecule has 0 bridgehead atoms. The molecule has 0 saturated heterocycles. The Kier molecular flexibility index (Phi) is 6.26. The third-order valence-electron chi connectivity index (χ3n) is 3.79. The molecule has 0 aromatic carbocycles. The Labute approximate surface area is 142 Å². The highest BCUT2D eigenvalue weighted by molar-refractivity contribution is 6.09. The lowest BCUT2D eigenvalue weighted by Crippen LogP contribution is -2.20. The Hall–Kier alpha value is -2.47. The third-order valence-corrected chi connectivity index (χ3v) is 3.79. The molecule has 1 heterocycles. The molecule has 1 aliphatic rings. The van der Waals surface area contributed by atoms with E-state index in [1.807, 2.05) is 44.2 Å². The van der Waals surface area contributed by atoms with Crippen molar-refractivity contribution in [1.82, 2.24) is 9.78 Å². The van der Waals surface area contributed by atoms with Crippen molar-refractivity contribution in [2.75, 3.05) is 13.7 Å². The Morgan fingerprint density at radius 3 is 2.96 bits per heavy atom. The summed E-state index contributed by atoms with van der Waals surface area (Å²) in [5.74, 6) is 0.402. The summed E-state index contributed by atoms with van der Waals surface area (Å²) in [6.45, 7) is 4.92. The second-order valence-corrected chi connectivity index (χ2v) is 5.46. The minimum Gasteiger partial charge on any atom is -0.500 e. The molecular weight excluding hydrogens is 304 g/mol. The Bertz CT molecular complexity index is 711. The number of hydrogen-bond donors (Lipinski definition) is 1. The van der Waals surface area contributed by atoms with Crippen LogP contribution >= 0.6 is 0 Å². The predicted molar refractivity (Wildman–Crippen MR) is 94.9 cm³/mol. The van der Waals surface area contributed by atoms with Gasteiger partial charge in [0, 0.05) is 13.1 Å². The quantitative estimate of drug-likeness (QED) is 0.813. The summed E-state index contributed by atoms with van der Waals surface area (Å²) in [5.41, 5.74) is 7.48. The molecule has 6 nitrogen and oxygen atoms in total. The van der Waals surface area contributed by atoms with Gasteiger partial charge in [0.25, 0.3) is 5.91 Å². The summed E-state index contributed by atoms with van der Waals surface area (Å²) in [7, 11) is 1.62. The number of aromatic nitrogens is 2. The van der Waals surface area contributed by atoms with Crippen molar-refractivity contribution in [2.24, 2.45) is 16.6 Å². The molecule has 0 saturated carbocycles. The average molecular weight is 328 g/mol. The van der Waals surface area contributed by atoms with Crippen LogP contribution in [0.25, 0.3) is 0 Å². The maximum absolute atomic E-state index is 12.6. The molecule has 1 aromatic rings. The van der Waals surface area contributed by atoms with Gasteiger partial charge in [0.2, 0.25) is 0 Å². The number of methoxy groups -OCH3 is 1. The van der Waals surface area contributed by atoms with Gasteiger partial charge < -0.3 is 10.5 Å². The predicted octanol–water partition coefficient (Wildman–Crippen LogP) is 2.41. The van der Waals surface area contributed by atoms with Crippen LogP contribution in [-0.2, 0) is 11.3 Å². The largest absolute Gasteiger partial charge is 0.500 e.